The van der Waals surface area contributed by atoms with Crippen LogP contribution in [0.3, 0.4) is 0 Å². The third-order valence-electron chi connectivity index (χ3n) is 7.47. The van der Waals surface area contributed by atoms with Crippen LogP contribution in [0.25, 0.3) is 0 Å². The van der Waals surface area contributed by atoms with E-state index in [-0.39, 0.29) is 29.9 Å². The Morgan fingerprint density at radius 2 is 1.36 bits per heavy atom. The van der Waals surface area contributed by atoms with Crippen LogP contribution in [-0.2, 0) is 10.2 Å². The van der Waals surface area contributed by atoms with E-state index in [9.17, 15) is 4.79 Å². The van der Waals surface area contributed by atoms with Crippen LogP contribution in [0.1, 0.15) is 43.2 Å². The fourth-order valence-electron chi connectivity index (χ4n) is 5.83. The predicted molar refractivity (Wildman–Crippen MR) is 109 cm³/mol. The van der Waals surface area contributed by atoms with Crippen molar-refractivity contribution in [3.63, 3.8) is 0 Å². The Balaban J connectivity index is 0.00000225. The van der Waals surface area contributed by atoms with Gasteiger partial charge < -0.3 is 34.2 Å². The maximum Gasteiger partial charge on any atom is 0.232 e. The standard InChI is InChI=1S/C24H30N2O.HI/c1-26(2)21-13-14-22(26)16-18(15-21)17-24(23(25)27,19-9-5-3-6-10-19)20-11-7-4-8-12-20;/h3-12,18,21-22H,13-17H2,1-2H3,(H-,25,27);1H/t18?,21-,22+;. The van der Waals surface area contributed by atoms with Crippen LogP contribution in [0.5, 0.6) is 0 Å². The number of nitrogens with two attached hydrogens (primary N) is 1. The number of amides is 1. The first-order valence-corrected chi connectivity index (χ1v) is 10.2. The number of nitrogens with zero attached hydrogens (tertiary/aromatic N) is 1. The Morgan fingerprint density at radius 3 is 1.75 bits per heavy atom. The van der Waals surface area contributed by atoms with Gasteiger partial charge in [0.25, 0.3) is 0 Å². The van der Waals surface area contributed by atoms with E-state index < -0.39 is 5.41 Å². The zero-order valence-electron chi connectivity index (χ0n) is 16.9. The van der Waals surface area contributed by atoms with Gasteiger partial charge >= 0.3 is 0 Å². The molecule has 150 valence electrons. The van der Waals surface area contributed by atoms with Gasteiger partial charge in [0.1, 0.15) is 0 Å². The molecule has 0 saturated carbocycles. The zero-order valence-corrected chi connectivity index (χ0v) is 19.0. The molecule has 3 atom stereocenters. The van der Waals surface area contributed by atoms with Gasteiger partial charge in [0.05, 0.1) is 31.6 Å². The summed E-state index contributed by atoms with van der Waals surface area (Å²) in [5.74, 6) is 0.299. The van der Waals surface area contributed by atoms with E-state index in [1.165, 1.54) is 25.7 Å². The molecule has 2 saturated heterocycles. The molecule has 0 spiro atoms. The van der Waals surface area contributed by atoms with Gasteiger partial charge in [-0.15, -0.1) is 0 Å². The molecule has 2 aromatic rings. The van der Waals surface area contributed by atoms with Gasteiger partial charge in [-0.05, 0) is 23.5 Å². The fraction of sp³-hybridized carbons (Fsp3) is 0.458. The van der Waals surface area contributed by atoms with E-state index in [2.05, 4.69) is 38.4 Å². The zero-order chi connectivity index (χ0) is 19.1. The Morgan fingerprint density at radius 1 is 0.929 bits per heavy atom. The number of fused-ring (bicyclic) bond motifs is 2. The SMILES string of the molecule is C[N+]1(C)[C@@H]2CC[C@H]1CC(CC(C(N)=O)(c1ccccc1)c1ccccc1)C2.[I-]. The van der Waals surface area contributed by atoms with Gasteiger partial charge in [-0.1, -0.05) is 60.7 Å². The van der Waals surface area contributed by atoms with Crippen LogP contribution in [0.15, 0.2) is 60.7 Å². The summed E-state index contributed by atoms with van der Waals surface area (Å²) in [5, 5.41) is 0. The molecule has 4 heteroatoms. The van der Waals surface area contributed by atoms with Crippen LogP contribution in [0, 0.1) is 5.92 Å². The van der Waals surface area contributed by atoms with Crippen molar-refractivity contribution in [1.29, 1.82) is 0 Å². The molecule has 2 aliphatic heterocycles. The van der Waals surface area contributed by atoms with Crippen LogP contribution >= 0.6 is 0 Å². The third kappa shape index (κ3) is 3.50. The second-order valence-corrected chi connectivity index (χ2v) is 9.06. The lowest BCUT2D eigenvalue weighted by Crippen LogP contribution is -3.00. The number of quaternary nitrogens is 1. The van der Waals surface area contributed by atoms with Gasteiger partial charge in [0.2, 0.25) is 5.91 Å². The Kier molecular flexibility index (Phi) is 6.20. The number of primary amides is 1. The average molecular weight is 490 g/mol. The number of benzene rings is 2. The highest BCUT2D eigenvalue weighted by Gasteiger charge is 2.51. The average Bonchev–Trinajstić information content (AvgIpc) is 2.85. The van der Waals surface area contributed by atoms with Crippen LogP contribution in [0.2, 0.25) is 0 Å². The number of hydrogen-bond donors (Lipinski definition) is 1. The van der Waals surface area contributed by atoms with Crippen molar-refractivity contribution in [2.24, 2.45) is 11.7 Å². The van der Waals surface area contributed by atoms with E-state index in [4.69, 9.17) is 5.73 Å². The lowest BCUT2D eigenvalue weighted by molar-refractivity contribution is -0.931. The molecule has 0 aliphatic carbocycles. The molecule has 28 heavy (non-hydrogen) atoms. The van der Waals surface area contributed by atoms with Gasteiger partial charge in [-0.25, -0.2) is 0 Å². The van der Waals surface area contributed by atoms with Crippen molar-refractivity contribution in [3.05, 3.63) is 71.8 Å². The fourth-order valence-corrected chi connectivity index (χ4v) is 5.83. The first-order chi connectivity index (χ1) is 12.9. The van der Waals surface area contributed by atoms with Crippen LogP contribution in [0.4, 0.5) is 0 Å². The van der Waals surface area contributed by atoms with Crippen LogP contribution in [-0.4, -0.2) is 36.6 Å². The highest BCUT2D eigenvalue weighted by molar-refractivity contribution is 5.90. The summed E-state index contributed by atoms with van der Waals surface area (Å²) in [5.41, 5.74) is 7.45. The quantitative estimate of drug-likeness (QED) is 0.491. The van der Waals surface area contributed by atoms with Crippen molar-refractivity contribution in [2.45, 2.75) is 49.6 Å². The van der Waals surface area contributed by atoms with E-state index in [1.54, 1.807) is 0 Å². The molecule has 2 aliphatic rings. The van der Waals surface area contributed by atoms with Crippen molar-refractivity contribution in [3.8, 4) is 0 Å². The molecule has 4 rings (SSSR count). The molecule has 0 aromatic heterocycles. The summed E-state index contributed by atoms with van der Waals surface area (Å²) >= 11 is 0. The van der Waals surface area contributed by atoms with Crippen molar-refractivity contribution >= 4 is 5.91 Å². The molecule has 2 fully saturated rings. The molecule has 2 aromatic carbocycles. The largest absolute Gasteiger partial charge is 1.00 e. The van der Waals surface area contributed by atoms with Gasteiger partial charge in [-0.3, -0.25) is 4.79 Å². The molecule has 2 heterocycles. The lowest BCUT2D eigenvalue weighted by atomic mass is 9.66. The summed E-state index contributed by atoms with van der Waals surface area (Å²) < 4.78 is 1.15. The van der Waals surface area contributed by atoms with E-state index in [0.29, 0.717) is 18.0 Å². The van der Waals surface area contributed by atoms with Gasteiger partial charge in [0.15, 0.2) is 0 Å². The van der Waals surface area contributed by atoms with E-state index in [0.717, 1.165) is 22.0 Å². The summed E-state index contributed by atoms with van der Waals surface area (Å²) in [7, 11) is 4.77. The highest BCUT2D eigenvalue weighted by atomic mass is 127. The Hall–Kier alpha value is -1.40. The summed E-state index contributed by atoms with van der Waals surface area (Å²) in [6.45, 7) is 0. The number of carbonyl (C=O) groups excluding carboxylic acids is 1. The van der Waals surface area contributed by atoms with E-state index >= 15 is 0 Å². The normalized spacial score (nSPS) is 25.7. The maximum absolute atomic E-state index is 13.0. The highest BCUT2D eigenvalue weighted by Crippen LogP contribution is 2.47. The molecule has 1 amide bonds. The third-order valence-corrected chi connectivity index (χ3v) is 7.47. The van der Waals surface area contributed by atoms with Crippen molar-refractivity contribution in [2.75, 3.05) is 14.1 Å². The maximum atomic E-state index is 13.0. The molecule has 1 unspecified atom stereocenters. The monoisotopic (exact) mass is 490 g/mol. The minimum Gasteiger partial charge on any atom is -1.00 e. The first-order valence-electron chi connectivity index (χ1n) is 10.2. The lowest BCUT2D eigenvalue weighted by Gasteiger charge is -2.46. The molecule has 3 nitrogen and oxygen atoms in total. The smallest absolute Gasteiger partial charge is 0.232 e. The minimum atomic E-state index is -0.749. The summed E-state index contributed by atoms with van der Waals surface area (Å²) in [6, 6.07) is 21.7. The molecule has 0 radical (unpaired) electrons. The minimum absolute atomic E-state index is 0. The second-order valence-electron chi connectivity index (χ2n) is 9.06. The number of rotatable bonds is 5. The molecule has 2 bridgehead atoms. The number of carbonyl (C=O) groups is 1. The number of halogens is 1. The van der Waals surface area contributed by atoms with Gasteiger partial charge in [-0.2, -0.15) is 0 Å². The van der Waals surface area contributed by atoms with Crippen molar-refractivity contribution < 1.29 is 33.3 Å². The number of hydrogen-bond acceptors (Lipinski definition) is 1. The molecule has 2 N–H and O–H groups in total. The second kappa shape index (κ2) is 8.15. The number of piperidine rings is 1. The Labute approximate surface area is 185 Å². The predicted octanol–water partition coefficient (Wildman–Crippen LogP) is 0.870. The summed E-state index contributed by atoms with van der Waals surface area (Å²) in [4.78, 5) is 13.0. The first kappa shape index (κ1) is 21.3. The Bertz CT molecular complexity index is 750. The summed E-state index contributed by atoms with van der Waals surface area (Å²) in [6.07, 6.45) is 5.82. The van der Waals surface area contributed by atoms with Crippen LogP contribution < -0.4 is 29.7 Å². The van der Waals surface area contributed by atoms with Gasteiger partial charge in [0, 0.05) is 25.7 Å². The van der Waals surface area contributed by atoms with Crippen molar-refractivity contribution in [1.82, 2.24) is 0 Å². The molecular formula is C24H31IN2O. The van der Waals surface area contributed by atoms with E-state index in [1.807, 2.05) is 36.4 Å². The molecular weight excluding hydrogens is 459 g/mol. The topological polar surface area (TPSA) is 43.1 Å².